The lowest BCUT2D eigenvalue weighted by molar-refractivity contribution is -0.138. The molecule has 1 aromatic heterocycles. The van der Waals surface area contributed by atoms with Gasteiger partial charge in [0.05, 0.1) is 35.1 Å². The lowest BCUT2D eigenvalue weighted by Gasteiger charge is -2.26. The minimum absolute atomic E-state index is 0.197. The normalized spacial score (nSPS) is 14.7. The molecule has 1 aliphatic heterocycles. The van der Waals surface area contributed by atoms with Crippen LogP contribution in [0.15, 0.2) is 101 Å². The minimum atomic E-state index is -0.725. The molecule has 0 bridgehead atoms. The third kappa shape index (κ3) is 6.31. The fourth-order valence-electron chi connectivity index (χ4n) is 5.12. The lowest BCUT2D eigenvalue weighted by Crippen LogP contribution is -2.40. The van der Waals surface area contributed by atoms with Gasteiger partial charge < -0.3 is 14.2 Å². The van der Waals surface area contributed by atoms with Gasteiger partial charge in [0, 0.05) is 5.56 Å². The number of fused-ring (bicyclic) bond motifs is 1. The molecular weight excluding hydrogens is 572 g/mol. The van der Waals surface area contributed by atoms with E-state index >= 15 is 0 Å². The second-order valence-electron chi connectivity index (χ2n) is 10.5. The van der Waals surface area contributed by atoms with Crippen molar-refractivity contribution in [2.24, 2.45) is 4.99 Å². The average Bonchev–Trinajstić information content (AvgIpc) is 3.34. The summed E-state index contributed by atoms with van der Waals surface area (Å²) in [6.07, 6.45) is 3.49. The Balaban J connectivity index is 1.74. The number of carbonyl (C=O) groups is 1. The first-order chi connectivity index (χ1) is 21.4. The van der Waals surface area contributed by atoms with E-state index in [2.05, 4.69) is 20.4 Å². The summed E-state index contributed by atoms with van der Waals surface area (Å²) < 4.78 is 19.2. The van der Waals surface area contributed by atoms with Crippen molar-refractivity contribution in [3.63, 3.8) is 0 Å². The first-order valence-corrected chi connectivity index (χ1v) is 15.6. The maximum Gasteiger partial charge on any atom is 0.338 e. The Hall–Kier alpha value is -4.69. The van der Waals surface area contributed by atoms with Gasteiger partial charge in [-0.15, -0.1) is 0 Å². The van der Waals surface area contributed by atoms with Crippen molar-refractivity contribution in [2.75, 3.05) is 19.8 Å². The van der Waals surface area contributed by atoms with Crippen molar-refractivity contribution in [1.82, 2.24) is 4.57 Å². The molecule has 0 aliphatic carbocycles. The quantitative estimate of drug-likeness (QED) is 0.154. The second kappa shape index (κ2) is 13.7. The van der Waals surface area contributed by atoms with Gasteiger partial charge in [0.1, 0.15) is 6.61 Å². The van der Waals surface area contributed by atoms with Crippen LogP contribution in [-0.4, -0.2) is 30.4 Å². The van der Waals surface area contributed by atoms with Gasteiger partial charge in [-0.3, -0.25) is 9.36 Å². The van der Waals surface area contributed by atoms with Crippen LogP contribution >= 0.6 is 11.3 Å². The molecule has 0 unspecified atom stereocenters. The smallest absolute Gasteiger partial charge is 0.338 e. The molecule has 0 saturated carbocycles. The molecule has 7 nitrogen and oxygen atoms in total. The highest BCUT2D eigenvalue weighted by atomic mass is 32.1. The zero-order chi connectivity index (χ0) is 31.2. The number of esters is 1. The third-order valence-corrected chi connectivity index (χ3v) is 8.20. The molecule has 5 rings (SSSR count). The molecule has 44 heavy (non-hydrogen) atoms. The van der Waals surface area contributed by atoms with E-state index < -0.39 is 12.0 Å². The number of nitrogens with zero attached hydrogens (tertiary/aromatic N) is 2. The highest BCUT2D eigenvalue weighted by Gasteiger charge is 2.35. The number of carbonyl (C=O) groups excluding carboxylic acids is 1. The third-order valence-electron chi connectivity index (χ3n) is 7.21. The number of benzene rings is 3. The van der Waals surface area contributed by atoms with Gasteiger partial charge in [-0.05, 0) is 54.7 Å². The fourth-order valence-corrected chi connectivity index (χ4v) is 6.12. The van der Waals surface area contributed by atoms with E-state index in [0.717, 1.165) is 22.3 Å². The Kier molecular flexibility index (Phi) is 9.60. The molecule has 8 heteroatoms. The minimum Gasteiger partial charge on any atom is -0.490 e. The zero-order valence-corrected chi connectivity index (χ0v) is 26.2. The first-order valence-electron chi connectivity index (χ1n) is 14.7. The van der Waals surface area contributed by atoms with Crippen LogP contribution < -0.4 is 24.4 Å². The van der Waals surface area contributed by atoms with Gasteiger partial charge >= 0.3 is 5.97 Å². The Morgan fingerprint density at radius 2 is 1.75 bits per heavy atom. The summed E-state index contributed by atoms with van der Waals surface area (Å²) in [7, 11) is 0. The van der Waals surface area contributed by atoms with Crippen molar-refractivity contribution >= 4 is 29.1 Å². The van der Waals surface area contributed by atoms with Crippen molar-refractivity contribution < 1.29 is 19.0 Å². The molecule has 3 aromatic carbocycles. The zero-order valence-electron chi connectivity index (χ0n) is 25.4. The van der Waals surface area contributed by atoms with E-state index in [9.17, 15) is 9.59 Å². The molecule has 0 radical (unpaired) electrons. The number of hydrogen-bond acceptors (Lipinski definition) is 7. The Morgan fingerprint density at radius 1 is 1.00 bits per heavy atom. The van der Waals surface area contributed by atoms with E-state index in [1.807, 2.05) is 85.8 Å². The summed E-state index contributed by atoms with van der Waals surface area (Å²) in [6.45, 7) is 12.7. The molecule has 0 fully saturated rings. The summed E-state index contributed by atoms with van der Waals surface area (Å²) in [5.74, 6) is 1.01. The molecule has 0 spiro atoms. The van der Waals surface area contributed by atoms with E-state index in [-0.39, 0.29) is 12.2 Å². The number of aromatic nitrogens is 1. The Labute approximate surface area is 261 Å². The molecule has 2 heterocycles. The van der Waals surface area contributed by atoms with E-state index in [0.29, 0.717) is 51.2 Å². The molecule has 226 valence electrons. The van der Waals surface area contributed by atoms with Crippen LogP contribution in [0.25, 0.3) is 11.8 Å². The molecule has 4 aromatic rings. The Morgan fingerprint density at radius 3 is 2.41 bits per heavy atom. The van der Waals surface area contributed by atoms with Crippen LogP contribution in [0.4, 0.5) is 0 Å². The molecule has 0 N–H and O–H groups in total. The second-order valence-corrected chi connectivity index (χ2v) is 11.5. The van der Waals surface area contributed by atoms with Gasteiger partial charge in [0.15, 0.2) is 16.3 Å². The standard InChI is InChI=1S/C36H36N2O5S/c1-6-20-43-28-19-14-24(21-29(28)41-7-2)22-30-34(39)38-33(27-17-15-25(16-18-27)23(4)5)31(35(40)42-8-3)32(37-36(38)44-30)26-12-10-9-11-13-26/h6,9-19,21-23,33H,1,7-8,20H2,2-5H3/b30-22-/t33-/m1/s1. The number of hydrogen-bond donors (Lipinski definition) is 0. The van der Waals surface area contributed by atoms with Crippen LogP contribution in [0, 0.1) is 0 Å². The maximum atomic E-state index is 14.2. The predicted molar refractivity (Wildman–Crippen MR) is 175 cm³/mol. The van der Waals surface area contributed by atoms with Crippen LogP contribution in [0.5, 0.6) is 11.5 Å². The van der Waals surface area contributed by atoms with E-state index in [1.54, 1.807) is 17.6 Å². The summed E-state index contributed by atoms with van der Waals surface area (Å²) in [6, 6.07) is 22.4. The van der Waals surface area contributed by atoms with Gasteiger partial charge in [-0.25, -0.2) is 9.79 Å². The number of thiazole rings is 1. The SMILES string of the molecule is C=CCOc1ccc(/C=c2\sc3n(c2=O)[C@H](c2ccc(C(C)C)cc2)C(C(=O)OCC)=C(c2ccccc2)N=3)cc1OCC. The fraction of sp³-hybridized carbons (Fsp3) is 0.250. The lowest BCUT2D eigenvalue weighted by atomic mass is 9.91. The molecular formula is C36H36N2O5S. The van der Waals surface area contributed by atoms with Gasteiger partial charge in [-0.2, -0.15) is 0 Å². The van der Waals surface area contributed by atoms with Crippen LogP contribution in [0.1, 0.15) is 61.9 Å². The van der Waals surface area contributed by atoms with Gasteiger partial charge in [0.2, 0.25) is 0 Å². The summed E-state index contributed by atoms with van der Waals surface area (Å²) in [4.78, 5) is 33.3. The topological polar surface area (TPSA) is 79.1 Å². The predicted octanol–water partition coefficient (Wildman–Crippen LogP) is 6.02. The maximum absolute atomic E-state index is 14.2. The van der Waals surface area contributed by atoms with Crippen LogP contribution in [-0.2, 0) is 9.53 Å². The Bertz CT molecular complexity index is 1870. The first kappa shape index (κ1) is 30.8. The highest BCUT2D eigenvalue weighted by Crippen LogP contribution is 2.36. The van der Waals surface area contributed by atoms with Crippen molar-refractivity contribution in [3.8, 4) is 11.5 Å². The molecule has 1 aliphatic rings. The van der Waals surface area contributed by atoms with Crippen LogP contribution in [0.3, 0.4) is 0 Å². The van der Waals surface area contributed by atoms with Crippen LogP contribution in [0.2, 0.25) is 0 Å². The van der Waals surface area contributed by atoms with E-state index in [1.165, 1.54) is 11.3 Å². The molecule has 0 amide bonds. The van der Waals surface area contributed by atoms with Crippen molar-refractivity contribution in [2.45, 2.75) is 39.7 Å². The van der Waals surface area contributed by atoms with Gasteiger partial charge in [0.25, 0.3) is 5.56 Å². The summed E-state index contributed by atoms with van der Waals surface area (Å²) in [5, 5.41) is 0. The summed E-state index contributed by atoms with van der Waals surface area (Å²) >= 11 is 1.28. The van der Waals surface area contributed by atoms with Crippen molar-refractivity contribution in [3.05, 3.63) is 133 Å². The van der Waals surface area contributed by atoms with Gasteiger partial charge in [-0.1, -0.05) is 98.5 Å². The molecule has 1 atom stereocenters. The molecule has 0 saturated heterocycles. The number of ether oxygens (including phenoxy) is 3. The monoisotopic (exact) mass is 608 g/mol. The largest absolute Gasteiger partial charge is 0.490 e. The van der Waals surface area contributed by atoms with Crippen molar-refractivity contribution in [1.29, 1.82) is 0 Å². The average molecular weight is 609 g/mol. The summed E-state index contributed by atoms with van der Waals surface area (Å²) in [5.41, 5.74) is 4.09. The highest BCUT2D eigenvalue weighted by molar-refractivity contribution is 7.07. The van der Waals surface area contributed by atoms with E-state index in [4.69, 9.17) is 19.2 Å². The number of rotatable bonds is 11.